The molecule has 2 saturated heterocycles. The standard InChI is InChI=1S/C17H30N6.HI/c1-14-6-9-22(12-16(14)23-10-7-19-13-23)17(18-2)20-11-15-5-4-8-21(15)3;/h7,10,13-16H,4-6,8-9,11-12H2,1-3H3,(H,18,20);1H. The van der Waals surface area contributed by atoms with E-state index >= 15 is 0 Å². The number of piperidine rings is 1. The SMILES string of the molecule is CN=C(NCC1CCCN1C)N1CCC(C)C(n2ccnc2)C1.I. The molecule has 3 heterocycles. The first-order valence-corrected chi connectivity index (χ1v) is 8.82. The first kappa shape index (κ1) is 19.5. The highest BCUT2D eigenvalue weighted by atomic mass is 127. The van der Waals surface area contributed by atoms with Crippen LogP contribution in [-0.2, 0) is 0 Å². The monoisotopic (exact) mass is 446 g/mol. The van der Waals surface area contributed by atoms with Gasteiger partial charge in [-0.1, -0.05) is 6.92 Å². The van der Waals surface area contributed by atoms with Crippen LogP contribution in [0, 0.1) is 5.92 Å². The maximum absolute atomic E-state index is 4.53. The highest BCUT2D eigenvalue weighted by molar-refractivity contribution is 14.0. The zero-order valence-corrected chi connectivity index (χ0v) is 17.4. The Balaban J connectivity index is 0.00000208. The van der Waals surface area contributed by atoms with Gasteiger partial charge < -0.3 is 19.7 Å². The molecule has 3 rings (SSSR count). The fourth-order valence-corrected chi connectivity index (χ4v) is 3.87. The summed E-state index contributed by atoms with van der Waals surface area (Å²) >= 11 is 0. The molecule has 7 heteroatoms. The minimum absolute atomic E-state index is 0. The molecular weight excluding hydrogens is 415 g/mol. The molecule has 0 bridgehead atoms. The number of aliphatic imine (C=N–C) groups is 1. The van der Waals surface area contributed by atoms with Crippen LogP contribution in [0.15, 0.2) is 23.7 Å². The Labute approximate surface area is 162 Å². The van der Waals surface area contributed by atoms with Crippen molar-refractivity contribution in [2.75, 3.05) is 40.3 Å². The number of hydrogen-bond donors (Lipinski definition) is 1. The third-order valence-electron chi connectivity index (χ3n) is 5.51. The second-order valence-corrected chi connectivity index (χ2v) is 6.99. The van der Waals surface area contributed by atoms with Gasteiger partial charge in [0.2, 0.25) is 0 Å². The molecular formula is C17H31IN6. The van der Waals surface area contributed by atoms with Gasteiger partial charge in [0, 0.05) is 45.1 Å². The van der Waals surface area contributed by atoms with Crippen molar-refractivity contribution >= 4 is 29.9 Å². The molecule has 0 amide bonds. The van der Waals surface area contributed by atoms with E-state index in [1.165, 1.54) is 25.8 Å². The van der Waals surface area contributed by atoms with Crippen molar-refractivity contribution in [3.63, 3.8) is 0 Å². The predicted octanol–water partition coefficient (Wildman–Crippen LogP) is 2.05. The van der Waals surface area contributed by atoms with Crippen molar-refractivity contribution in [3.05, 3.63) is 18.7 Å². The normalized spacial score (nSPS) is 28.7. The van der Waals surface area contributed by atoms with Gasteiger partial charge in [0.1, 0.15) is 0 Å². The minimum Gasteiger partial charge on any atom is -0.355 e. The van der Waals surface area contributed by atoms with Crippen LogP contribution < -0.4 is 5.32 Å². The van der Waals surface area contributed by atoms with Gasteiger partial charge in [0.15, 0.2) is 5.96 Å². The molecule has 6 nitrogen and oxygen atoms in total. The van der Waals surface area contributed by atoms with Gasteiger partial charge in [0.25, 0.3) is 0 Å². The lowest BCUT2D eigenvalue weighted by Crippen LogP contribution is -2.51. The Kier molecular flexibility index (Phi) is 7.34. The highest BCUT2D eigenvalue weighted by Gasteiger charge is 2.29. The molecule has 0 aliphatic carbocycles. The van der Waals surface area contributed by atoms with Gasteiger partial charge >= 0.3 is 0 Å². The lowest BCUT2D eigenvalue weighted by Gasteiger charge is -2.39. The quantitative estimate of drug-likeness (QED) is 0.439. The molecule has 2 aliphatic rings. The van der Waals surface area contributed by atoms with Crippen molar-refractivity contribution in [1.82, 2.24) is 24.7 Å². The third-order valence-corrected chi connectivity index (χ3v) is 5.51. The molecule has 0 radical (unpaired) electrons. The number of rotatable bonds is 3. The summed E-state index contributed by atoms with van der Waals surface area (Å²) in [6.45, 7) is 6.62. The zero-order valence-electron chi connectivity index (χ0n) is 15.1. The number of guanidine groups is 1. The van der Waals surface area contributed by atoms with Crippen LogP contribution in [0.5, 0.6) is 0 Å². The molecule has 2 aliphatic heterocycles. The molecule has 24 heavy (non-hydrogen) atoms. The summed E-state index contributed by atoms with van der Waals surface area (Å²) < 4.78 is 2.24. The number of hydrogen-bond acceptors (Lipinski definition) is 3. The number of likely N-dealkylation sites (tertiary alicyclic amines) is 2. The molecule has 1 aromatic rings. The summed E-state index contributed by atoms with van der Waals surface area (Å²) in [5.74, 6) is 1.71. The molecule has 2 fully saturated rings. The van der Waals surface area contributed by atoms with Crippen LogP contribution in [0.4, 0.5) is 0 Å². The van der Waals surface area contributed by atoms with Crippen molar-refractivity contribution in [2.24, 2.45) is 10.9 Å². The summed E-state index contributed by atoms with van der Waals surface area (Å²) in [5, 5.41) is 3.60. The maximum Gasteiger partial charge on any atom is 0.193 e. The fourth-order valence-electron chi connectivity index (χ4n) is 3.87. The summed E-state index contributed by atoms with van der Waals surface area (Å²) in [6.07, 6.45) is 9.67. The molecule has 0 aromatic carbocycles. The maximum atomic E-state index is 4.53. The number of likely N-dealkylation sites (N-methyl/N-ethyl adjacent to an activating group) is 1. The average Bonchev–Trinajstić information content (AvgIpc) is 3.21. The van der Waals surface area contributed by atoms with Crippen LogP contribution in [0.3, 0.4) is 0 Å². The van der Waals surface area contributed by atoms with E-state index in [4.69, 9.17) is 0 Å². The first-order valence-electron chi connectivity index (χ1n) is 8.82. The van der Waals surface area contributed by atoms with E-state index in [1.54, 1.807) is 0 Å². The van der Waals surface area contributed by atoms with Gasteiger partial charge in [0.05, 0.1) is 12.4 Å². The number of halogens is 1. The highest BCUT2D eigenvalue weighted by Crippen LogP contribution is 2.27. The summed E-state index contributed by atoms with van der Waals surface area (Å²) in [5.41, 5.74) is 0. The van der Waals surface area contributed by atoms with Gasteiger partial charge in [-0.05, 0) is 38.8 Å². The van der Waals surface area contributed by atoms with Gasteiger partial charge in [-0.3, -0.25) is 4.99 Å². The third kappa shape index (κ3) is 4.41. The second kappa shape index (κ2) is 9.03. The number of aromatic nitrogens is 2. The van der Waals surface area contributed by atoms with Crippen LogP contribution in [0.2, 0.25) is 0 Å². The summed E-state index contributed by atoms with van der Waals surface area (Å²) in [6, 6.07) is 1.11. The van der Waals surface area contributed by atoms with Crippen LogP contribution in [0.25, 0.3) is 0 Å². The van der Waals surface area contributed by atoms with Crippen molar-refractivity contribution in [3.8, 4) is 0 Å². The van der Waals surface area contributed by atoms with E-state index < -0.39 is 0 Å². The number of imidazole rings is 1. The summed E-state index contributed by atoms with van der Waals surface area (Å²) in [7, 11) is 4.12. The van der Waals surface area contributed by atoms with E-state index in [0.29, 0.717) is 18.0 Å². The Morgan fingerprint density at radius 2 is 2.17 bits per heavy atom. The second-order valence-electron chi connectivity index (χ2n) is 6.99. The fraction of sp³-hybridized carbons (Fsp3) is 0.765. The van der Waals surface area contributed by atoms with E-state index in [9.17, 15) is 0 Å². The molecule has 3 atom stereocenters. The number of nitrogens with one attached hydrogen (secondary N) is 1. The Hall–Kier alpha value is -0.830. The van der Waals surface area contributed by atoms with Crippen molar-refractivity contribution in [1.29, 1.82) is 0 Å². The Bertz CT molecular complexity index is 517. The topological polar surface area (TPSA) is 48.7 Å². The lowest BCUT2D eigenvalue weighted by atomic mass is 9.93. The van der Waals surface area contributed by atoms with Gasteiger partial charge in [-0.15, -0.1) is 24.0 Å². The molecule has 136 valence electrons. The molecule has 0 spiro atoms. The molecule has 1 aromatic heterocycles. The molecule has 1 N–H and O–H groups in total. The van der Waals surface area contributed by atoms with Crippen LogP contribution >= 0.6 is 24.0 Å². The van der Waals surface area contributed by atoms with Gasteiger partial charge in [-0.25, -0.2) is 4.98 Å². The van der Waals surface area contributed by atoms with E-state index in [1.807, 2.05) is 19.6 Å². The lowest BCUT2D eigenvalue weighted by molar-refractivity contribution is 0.188. The predicted molar refractivity (Wildman–Crippen MR) is 109 cm³/mol. The zero-order chi connectivity index (χ0) is 16.2. The van der Waals surface area contributed by atoms with Crippen LogP contribution in [-0.4, -0.2) is 71.6 Å². The van der Waals surface area contributed by atoms with E-state index in [2.05, 4.69) is 49.8 Å². The van der Waals surface area contributed by atoms with Crippen LogP contribution in [0.1, 0.15) is 32.2 Å². The van der Waals surface area contributed by atoms with Gasteiger partial charge in [-0.2, -0.15) is 0 Å². The van der Waals surface area contributed by atoms with Crippen molar-refractivity contribution < 1.29 is 0 Å². The molecule has 0 saturated carbocycles. The smallest absolute Gasteiger partial charge is 0.193 e. The Morgan fingerprint density at radius 3 is 2.79 bits per heavy atom. The number of nitrogens with zero attached hydrogens (tertiary/aromatic N) is 5. The van der Waals surface area contributed by atoms with Crippen molar-refractivity contribution in [2.45, 2.75) is 38.3 Å². The summed E-state index contributed by atoms with van der Waals surface area (Å²) in [4.78, 5) is 13.6. The first-order chi connectivity index (χ1) is 11.2. The largest absolute Gasteiger partial charge is 0.355 e. The average molecular weight is 446 g/mol. The Morgan fingerprint density at radius 1 is 1.33 bits per heavy atom. The van der Waals surface area contributed by atoms with E-state index in [-0.39, 0.29) is 24.0 Å². The van der Waals surface area contributed by atoms with E-state index in [0.717, 1.165) is 25.6 Å². The molecule has 3 unspecified atom stereocenters. The minimum atomic E-state index is 0.